The molecule has 0 aliphatic heterocycles. The van der Waals surface area contributed by atoms with Gasteiger partial charge in [-0.1, -0.05) is 0 Å². The first-order valence-corrected chi connectivity index (χ1v) is 11.8. The molecule has 1 aromatic carbocycles. The summed E-state index contributed by atoms with van der Waals surface area (Å²) in [6.45, 7) is 0. The van der Waals surface area contributed by atoms with E-state index in [1.807, 2.05) is 0 Å². The Morgan fingerprint density at radius 2 is 1.55 bits per heavy atom. The molecule has 0 fully saturated rings. The zero-order chi connectivity index (χ0) is 22.2. The molecular formula is C16H15NaO10S2. The van der Waals surface area contributed by atoms with Crippen molar-refractivity contribution in [2.24, 2.45) is 5.92 Å². The molecule has 152 valence electrons. The van der Waals surface area contributed by atoms with Crippen molar-refractivity contribution in [3.8, 4) is 0 Å². The Kier molecular flexibility index (Phi) is 6.79. The van der Waals surface area contributed by atoms with Gasteiger partial charge in [0.25, 0.3) is 0 Å². The standard InChI is InChI=1S/C16H15O10S2.Na/c1-25-15(17)13-11(28(22,23)24)8-10(27(19,20)21)12(14(13)16(18)26-2)9-6-4-3-5-7-9;/h3-8,14H,1-2H3,(H,19,20,21)(H,22,23,24);. The van der Waals surface area contributed by atoms with E-state index < -0.39 is 78.5 Å². The van der Waals surface area contributed by atoms with Crippen LogP contribution in [-0.4, -0.2) is 80.0 Å². The molecule has 10 nitrogen and oxygen atoms in total. The molecule has 2 rings (SSSR count). The fraction of sp³-hybridized carbons (Fsp3) is 0.250. The summed E-state index contributed by atoms with van der Waals surface area (Å²) >= 11 is -0.403. The summed E-state index contributed by atoms with van der Waals surface area (Å²) < 4.78 is 74.8. The van der Waals surface area contributed by atoms with Crippen LogP contribution in [0, 0.1) is 5.92 Å². The molecule has 0 spiro atoms. The van der Waals surface area contributed by atoms with Crippen LogP contribution >= 0.6 is 0 Å². The number of carbonyl (C=O) groups excluding carboxylic acids is 2. The van der Waals surface area contributed by atoms with Crippen molar-refractivity contribution in [2.45, 2.75) is 2.66 Å². The Hall–Kier alpha value is -1.54. The van der Waals surface area contributed by atoms with Crippen LogP contribution in [-0.2, 0) is 39.3 Å². The molecule has 1 aliphatic rings. The first-order valence-electron chi connectivity index (χ1n) is 7.93. The number of methoxy groups -OCH3 is 2. The van der Waals surface area contributed by atoms with Crippen molar-refractivity contribution in [2.75, 3.05) is 14.2 Å². The quantitative estimate of drug-likeness (QED) is 0.361. The summed E-state index contributed by atoms with van der Waals surface area (Å²) in [7, 11) is -8.37. The molecule has 0 amide bonds. The van der Waals surface area contributed by atoms with Gasteiger partial charge in [-0.15, -0.1) is 0 Å². The molecule has 1 aromatic rings. The number of allylic oxidation sites excluding steroid dienone is 1. The average Bonchev–Trinajstić information content (AvgIpc) is 2.64. The van der Waals surface area contributed by atoms with Gasteiger partial charge in [0.15, 0.2) is 0 Å². The SMILES string of the molecule is COC(=O)C1C(c2ccccc2)=C(S(=O)(=O)O)C=C(S(=O)(=O)O)[C]1([Na])C(=O)OC. The van der Waals surface area contributed by atoms with Crippen molar-refractivity contribution in [3.63, 3.8) is 0 Å². The molecule has 0 aromatic heterocycles. The van der Waals surface area contributed by atoms with Gasteiger partial charge in [-0.25, -0.2) is 0 Å². The maximum absolute atomic E-state index is 12.7. The monoisotopic (exact) mass is 454 g/mol. The normalized spacial score (nSPS) is 22.7. The molecule has 0 bridgehead atoms. The van der Waals surface area contributed by atoms with Gasteiger partial charge in [0.1, 0.15) is 0 Å². The van der Waals surface area contributed by atoms with Crippen LogP contribution in [0.25, 0.3) is 5.57 Å². The van der Waals surface area contributed by atoms with Crippen LogP contribution < -0.4 is 0 Å². The van der Waals surface area contributed by atoms with E-state index in [2.05, 4.69) is 4.74 Å². The molecule has 13 heteroatoms. The van der Waals surface area contributed by atoms with Gasteiger partial charge in [0.05, 0.1) is 0 Å². The summed E-state index contributed by atoms with van der Waals surface area (Å²) in [4.78, 5) is 23.3. The van der Waals surface area contributed by atoms with Crippen molar-refractivity contribution in [1.82, 2.24) is 0 Å². The molecule has 2 unspecified atom stereocenters. The third-order valence-corrected chi connectivity index (χ3v) is 8.47. The second kappa shape index (κ2) is 8.30. The van der Waals surface area contributed by atoms with E-state index >= 15 is 0 Å². The summed E-state index contributed by atoms with van der Waals surface area (Å²) in [5.41, 5.74) is -0.238. The molecule has 2 atom stereocenters. The zero-order valence-corrected chi connectivity index (χ0v) is 19.2. The molecule has 0 heterocycles. The number of hydrogen-bond acceptors (Lipinski definition) is 8. The predicted octanol–water partition coefficient (Wildman–Crippen LogP) is 0.360. The van der Waals surface area contributed by atoms with E-state index in [0.29, 0.717) is 6.08 Å². The number of hydrogen-bond donors (Lipinski definition) is 2. The van der Waals surface area contributed by atoms with E-state index in [4.69, 9.17) is 4.74 Å². The van der Waals surface area contributed by atoms with E-state index in [1.165, 1.54) is 24.3 Å². The molecule has 1 aliphatic carbocycles. The average molecular weight is 454 g/mol. The van der Waals surface area contributed by atoms with Gasteiger partial charge in [0, 0.05) is 0 Å². The van der Waals surface area contributed by atoms with Crippen LogP contribution in [0.2, 0.25) is 2.66 Å². The molecule has 0 saturated carbocycles. The topological polar surface area (TPSA) is 161 Å². The Bertz CT molecular complexity index is 1120. The van der Waals surface area contributed by atoms with Crippen LogP contribution in [0.1, 0.15) is 5.56 Å². The van der Waals surface area contributed by atoms with Gasteiger partial charge in [0.2, 0.25) is 0 Å². The van der Waals surface area contributed by atoms with Gasteiger partial charge in [-0.2, -0.15) is 0 Å². The van der Waals surface area contributed by atoms with E-state index in [9.17, 15) is 35.5 Å². The second-order valence-electron chi connectivity index (χ2n) is 6.25. The Balaban J connectivity index is 3.14. The van der Waals surface area contributed by atoms with E-state index in [0.717, 1.165) is 14.2 Å². The Morgan fingerprint density at radius 3 is 1.97 bits per heavy atom. The van der Waals surface area contributed by atoms with Crippen LogP contribution in [0.5, 0.6) is 0 Å². The van der Waals surface area contributed by atoms with Crippen molar-refractivity contribution >= 4 is 65.7 Å². The van der Waals surface area contributed by atoms with Gasteiger partial charge < -0.3 is 0 Å². The molecular weight excluding hydrogens is 439 g/mol. The first kappa shape index (κ1) is 23.7. The Morgan fingerprint density at radius 1 is 1.00 bits per heavy atom. The number of benzene rings is 1. The van der Waals surface area contributed by atoms with Crippen LogP contribution in [0.15, 0.2) is 46.2 Å². The molecule has 2 N–H and O–H groups in total. The minimum absolute atomic E-state index is 0.116. The van der Waals surface area contributed by atoms with Gasteiger partial charge >= 0.3 is 185 Å². The first-order chi connectivity index (χ1) is 13.3. The third kappa shape index (κ3) is 4.33. The number of carbonyl (C=O) groups is 2. The van der Waals surface area contributed by atoms with Crippen LogP contribution in [0.3, 0.4) is 0 Å². The van der Waals surface area contributed by atoms with E-state index in [-0.39, 0.29) is 11.1 Å². The molecule has 29 heavy (non-hydrogen) atoms. The van der Waals surface area contributed by atoms with Crippen molar-refractivity contribution in [1.29, 1.82) is 0 Å². The molecule has 0 radical (unpaired) electrons. The Labute approximate surface area is 184 Å². The summed E-state index contributed by atoms with van der Waals surface area (Å²) in [6.07, 6.45) is 0.469. The molecule has 0 saturated heterocycles. The van der Waals surface area contributed by atoms with Crippen molar-refractivity contribution < 1.29 is 45.0 Å². The maximum atomic E-state index is 12.7. The number of rotatable bonds is 5. The van der Waals surface area contributed by atoms with E-state index in [1.54, 1.807) is 6.07 Å². The van der Waals surface area contributed by atoms with Crippen LogP contribution in [0.4, 0.5) is 0 Å². The minimum atomic E-state index is -5.18. The second-order valence-corrected chi connectivity index (χ2v) is 10.6. The summed E-state index contributed by atoms with van der Waals surface area (Å²) in [5.74, 6) is -4.17. The van der Waals surface area contributed by atoms with Gasteiger partial charge in [-0.3, -0.25) is 0 Å². The number of ether oxygens (including phenoxy) is 2. The fourth-order valence-corrected chi connectivity index (χ4v) is 6.81. The number of esters is 2. The fourth-order valence-electron chi connectivity index (χ4n) is 3.30. The van der Waals surface area contributed by atoms with Crippen molar-refractivity contribution in [3.05, 3.63) is 51.8 Å². The van der Waals surface area contributed by atoms with Gasteiger partial charge in [-0.05, 0) is 0 Å². The summed E-state index contributed by atoms with van der Waals surface area (Å²) in [5, 5.41) is 0. The summed E-state index contributed by atoms with van der Waals surface area (Å²) in [6, 6.07) is 7.42. The zero-order valence-electron chi connectivity index (χ0n) is 15.5. The third-order valence-electron chi connectivity index (χ3n) is 4.59. The predicted molar refractivity (Wildman–Crippen MR) is 101 cm³/mol.